The smallest absolute Gasteiger partial charge is 0.332 e. The molecule has 172 valence electrons. The molecule has 4 unspecified atom stereocenters. The Hall–Kier alpha value is -3.26. The highest BCUT2D eigenvalue weighted by Crippen LogP contribution is 2.43. The van der Waals surface area contributed by atoms with Crippen LogP contribution in [-0.2, 0) is 20.9 Å². The molecule has 4 atom stereocenters. The van der Waals surface area contributed by atoms with Crippen molar-refractivity contribution < 1.29 is 23.5 Å². The third-order valence-electron chi connectivity index (χ3n) is 6.82. The molecular formula is C25H26FN3O4. The minimum Gasteiger partial charge on any atom is -0.363 e. The number of nitrogens with one attached hydrogen (secondary N) is 1. The molecule has 0 spiro atoms. The Bertz CT molecular complexity index is 1050. The summed E-state index contributed by atoms with van der Waals surface area (Å²) in [6.45, 7) is 0.170. The number of hydrogen-bond donors (Lipinski definition) is 1. The van der Waals surface area contributed by atoms with Crippen LogP contribution in [-0.4, -0.2) is 47.5 Å². The Balaban J connectivity index is 1.41. The summed E-state index contributed by atoms with van der Waals surface area (Å²) in [4.78, 5) is 42.2. The number of nitrogens with zero attached hydrogens (tertiary/aromatic N) is 2. The van der Waals surface area contributed by atoms with Crippen LogP contribution >= 0.6 is 0 Å². The van der Waals surface area contributed by atoms with Crippen LogP contribution in [0.2, 0.25) is 0 Å². The van der Waals surface area contributed by atoms with Gasteiger partial charge in [-0.1, -0.05) is 43.2 Å². The monoisotopic (exact) mass is 451 g/mol. The number of ether oxygens (including phenoxy) is 1. The van der Waals surface area contributed by atoms with Gasteiger partial charge in [0, 0.05) is 12.5 Å². The molecule has 7 nitrogen and oxygen atoms in total. The molecule has 8 heteroatoms. The van der Waals surface area contributed by atoms with Gasteiger partial charge in [0.15, 0.2) is 6.10 Å². The number of rotatable bonds is 5. The first-order chi connectivity index (χ1) is 16.0. The van der Waals surface area contributed by atoms with Gasteiger partial charge in [0.25, 0.3) is 5.91 Å². The molecule has 1 N–H and O–H groups in total. The largest absolute Gasteiger partial charge is 0.363 e. The van der Waals surface area contributed by atoms with E-state index in [1.165, 1.54) is 29.2 Å². The van der Waals surface area contributed by atoms with Crippen molar-refractivity contribution in [1.82, 2.24) is 10.2 Å². The normalized spacial score (nSPS) is 26.7. The summed E-state index contributed by atoms with van der Waals surface area (Å²) in [5.74, 6) is -1.20. The summed E-state index contributed by atoms with van der Waals surface area (Å²) < 4.78 is 19.6. The van der Waals surface area contributed by atoms with Gasteiger partial charge in [-0.25, -0.2) is 14.1 Å². The number of urea groups is 1. The second-order valence-corrected chi connectivity index (χ2v) is 8.86. The van der Waals surface area contributed by atoms with E-state index < -0.39 is 29.9 Å². The molecule has 1 saturated carbocycles. The first-order valence-corrected chi connectivity index (χ1v) is 11.4. The van der Waals surface area contributed by atoms with Crippen LogP contribution in [0.1, 0.15) is 31.2 Å². The second-order valence-electron chi connectivity index (χ2n) is 8.86. The standard InChI is InChI=1S/C25H26FN3O4/c26-17-10-12-18(13-11-17)29-24(31)23-22(19-8-4-5-9-20(19)33-23)28(25(29)32)15-21(30)27-14-16-6-2-1-3-7-16/h1-3,6-7,10-13,19-20,22-23H,4-5,8-9,14-15H2,(H,27,30). The molecule has 2 aromatic carbocycles. The lowest BCUT2D eigenvalue weighted by molar-refractivity contribution is -0.134. The van der Waals surface area contributed by atoms with Gasteiger partial charge < -0.3 is 15.0 Å². The highest BCUT2D eigenvalue weighted by atomic mass is 19.1. The molecule has 1 aliphatic carbocycles. The molecule has 3 aliphatic rings. The minimum atomic E-state index is -0.831. The first kappa shape index (κ1) is 21.6. The van der Waals surface area contributed by atoms with Crippen molar-refractivity contribution in [3.05, 3.63) is 66.0 Å². The van der Waals surface area contributed by atoms with Crippen LogP contribution in [0.4, 0.5) is 14.9 Å². The summed E-state index contributed by atoms with van der Waals surface area (Å²) in [5, 5.41) is 2.87. The van der Waals surface area contributed by atoms with Crippen LogP contribution in [0.5, 0.6) is 0 Å². The molecule has 0 aromatic heterocycles. The number of hydrogen-bond acceptors (Lipinski definition) is 4. The zero-order valence-corrected chi connectivity index (χ0v) is 18.2. The van der Waals surface area contributed by atoms with E-state index in [-0.39, 0.29) is 30.2 Å². The predicted molar refractivity (Wildman–Crippen MR) is 119 cm³/mol. The van der Waals surface area contributed by atoms with Crippen molar-refractivity contribution >= 4 is 23.5 Å². The highest BCUT2D eigenvalue weighted by molar-refractivity contribution is 6.18. The van der Waals surface area contributed by atoms with Crippen molar-refractivity contribution in [2.75, 3.05) is 11.4 Å². The molecule has 3 fully saturated rings. The van der Waals surface area contributed by atoms with Crippen molar-refractivity contribution in [2.45, 2.75) is 50.5 Å². The highest BCUT2D eigenvalue weighted by Gasteiger charge is 2.58. The van der Waals surface area contributed by atoms with E-state index in [2.05, 4.69) is 5.32 Å². The van der Waals surface area contributed by atoms with Crippen LogP contribution in [0.3, 0.4) is 0 Å². The number of fused-ring (bicyclic) bond motifs is 3. The summed E-state index contributed by atoms with van der Waals surface area (Å²) in [5.41, 5.74) is 1.21. The lowest BCUT2D eigenvalue weighted by Crippen LogP contribution is -2.66. The third-order valence-corrected chi connectivity index (χ3v) is 6.82. The number of benzene rings is 2. The quantitative estimate of drug-likeness (QED) is 0.757. The minimum absolute atomic E-state index is 0.0222. The molecule has 2 heterocycles. The van der Waals surface area contributed by atoms with E-state index in [0.29, 0.717) is 6.54 Å². The van der Waals surface area contributed by atoms with E-state index in [1.54, 1.807) is 0 Å². The summed E-state index contributed by atoms with van der Waals surface area (Å²) >= 11 is 0. The molecule has 2 saturated heterocycles. The van der Waals surface area contributed by atoms with Crippen molar-refractivity contribution in [3.8, 4) is 0 Å². The maximum atomic E-state index is 13.5. The summed E-state index contributed by atoms with van der Waals surface area (Å²) in [6, 6.07) is 13.6. The summed E-state index contributed by atoms with van der Waals surface area (Å²) in [6.07, 6.45) is 2.78. The van der Waals surface area contributed by atoms with Gasteiger partial charge >= 0.3 is 6.03 Å². The Labute approximate surface area is 191 Å². The fourth-order valence-corrected chi connectivity index (χ4v) is 5.26. The number of anilines is 1. The average Bonchev–Trinajstić information content (AvgIpc) is 3.22. The van der Waals surface area contributed by atoms with E-state index in [9.17, 15) is 18.8 Å². The SMILES string of the molecule is O=C(CN1C(=O)N(c2ccc(F)cc2)C(=O)C2OC3CCCCC3C21)NCc1ccccc1. The van der Waals surface area contributed by atoms with Crippen LogP contribution in [0.15, 0.2) is 54.6 Å². The Kier molecular flexibility index (Phi) is 5.85. The van der Waals surface area contributed by atoms with E-state index in [0.717, 1.165) is 36.1 Å². The molecule has 33 heavy (non-hydrogen) atoms. The van der Waals surface area contributed by atoms with E-state index in [4.69, 9.17) is 4.74 Å². The van der Waals surface area contributed by atoms with E-state index >= 15 is 0 Å². The van der Waals surface area contributed by atoms with Gasteiger partial charge in [0.05, 0.1) is 17.8 Å². The maximum Gasteiger partial charge on any atom is 0.332 e. The average molecular weight is 451 g/mol. The van der Waals surface area contributed by atoms with Gasteiger partial charge in [0.1, 0.15) is 12.4 Å². The fourth-order valence-electron chi connectivity index (χ4n) is 5.26. The maximum absolute atomic E-state index is 13.5. The third kappa shape index (κ3) is 4.11. The van der Waals surface area contributed by atoms with Crippen LogP contribution in [0, 0.1) is 11.7 Å². The Morgan fingerprint density at radius 3 is 2.52 bits per heavy atom. The van der Waals surface area contributed by atoms with Crippen LogP contribution < -0.4 is 10.2 Å². The number of imide groups is 1. The molecule has 2 aliphatic heterocycles. The van der Waals surface area contributed by atoms with Crippen molar-refractivity contribution in [2.24, 2.45) is 5.92 Å². The predicted octanol–water partition coefficient (Wildman–Crippen LogP) is 3.24. The lowest BCUT2D eigenvalue weighted by Gasteiger charge is -2.42. The second kappa shape index (κ2) is 8.94. The summed E-state index contributed by atoms with van der Waals surface area (Å²) in [7, 11) is 0. The fraction of sp³-hybridized carbons (Fsp3) is 0.400. The van der Waals surface area contributed by atoms with Gasteiger partial charge in [-0.3, -0.25) is 9.59 Å². The number of amides is 4. The molecule has 2 aromatic rings. The zero-order valence-electron chi connectivity index (χ0n) is 18.2. The van der Waals surface area contributed by atoms with Gasteiger partial charge in [-0.2, -0.15) is 0 Å². The molecule has 5 rings (SSSR count). The van der Waals surface area contributed by atoms with Gasteiger partial charge in [-0.05, 0) is 42.7 Å². The number of carbonyl (C=O) groups excluding carboxylic acids is 3. The van der Waals surface area contributed by atoms with Crippen molar-refractivity contribution in [3.63, 3.8) is 0 Å². The number of halogens is 1. The van der Waals surface area contributed by atoms with Crippen LogP contribution in [0.25, 0.3) is 0 Å². The lowest BCUT2D eigenvalue weighted by atomic mass is 9.81. The molecule has 0 radical (unpaired) electrons. The van der Waals surface area contributed by atoms with Gasteiger partial charge in [0.2, 0.25) is 5.91 Å². The number of carbonyl (C=O) groups is 3. The molecular weight excluding hydrogens is 425 g/mol. The topological polar surface area (TPSA) is 79.0 Å². The van der Waals surface area contributed by atoms with Gasteiger partial charge in [-0.15, -0.1) is 0 Å². The Morgan fingerprint density at radius 1 is 1.03 bits per heavy atom. The Morgan fingerprint density at radius 2 is 1.76 bits per heavy atom. The first-order valence-electron chi connectivity index (χ1n) is 11.4. The van der Waals surface area contributed by atoms with E-state index in [1.807, 2.05) is 30.3 Å². The van der Waals surface area contributed by atoms with Crippen molar-refractivity contribution in [1.29, 1.82) is 0 Å². The zero-order chi connectivity index (χ0) is 22.9. The molecule has 4 amide bonds. The molecule has 0 bridgehead atoms.